The quantitative estimate of drug-likeness (QED) is 0.429. The molecule has 0 aromatic carbocycles. The number of carbonyl (C=O) groups excluding carboxylic acids is 1. The van der Waals surface area contributed by atoms with Crippen molar-refractivity contribution in [3.63, 3.8) is 0 Å². The van der Waals surface area contributed by atoms with E-state index in [4.69, 9.17) is 18.0 Å². The molecule has 0 rings (SSSR count). The molecule has 0 aromatic rings. The minimum absolute atomic E-state index is 0.0114. The van der Waals surface area contributed by atoms with Gasteiger partial charge in [0.15, 0.2) is 0 Å². The van der Waals surface area contributed by atoms with E-state index in [-0.39, 0.29) is 17.8 Å². The molecular weight excluding hydrogens is 150 g/mol. The van der Waals surface area contributed by atoms with E-state index in [1.54, 1.807) is 14.0 Å². The predicted molar refractivity (Wildman–Crippen MR) is 41.8 cm³/mol. The molecule has 0 spiro atoms. The molecule has 0 aromatic heterocycles. The SMILES string of the molecule is C#CC(C)N(C)C(=O)CCl. The van der Waals surface area contributed by atoms with E-state index in [1.807, 2.05) is 0 Å². The number of nitrogens with zero attached hydrogens (tertiary/aromatic N) is 1. The molecule has 10 heavy (non-hydrogen) atoms. The first-order valence-corrected chi connectivity index (χ1v) is 3.44. The fraction of sp³-hybridized carbons (Fsp3) is 0.571. The van der Waals surface area contributed by atoms with Gasteiger partial charge >= 0.3 is 0 Å². The molecule has 0 heterocycles. The molecule has 56 valence electrons. The minimum atomic E-state index is -0.175. The third-order valence-corrected chi connectivity index (χ3v) is 1.56. The van der Waals surface area contributed by atoms with Crippen molar-refractivity contribution < 1.29 is 4.79 Å². The Hall–Kier alpha value is -0.680. The summed E-state index contributed by atoms with van der Waals surface area (Å²) in [5.41, 5.74) is 0. The second-order valence-corrected chi connectivity index (χ2v) is 2.25. The molecule has 0 radical (unpaired) electrons. The summed E-state index contributed by atoms with van der Waals surface area (Å²) in [5.74, 6) is 2.27. The molecule has 1 amide bonds. The molecule has 0 aliphatic rings. The van der Waals surface area contributed by atoms with Crippen molar-refractivity contribution in [1.29, 1.82) is 0 Å². The van der Waals surface area contributed by atoms with Crippen molar-refractivity contribution in [2.45, 2.75) is 13.0 Å². The number of rotatable bonds is 2. The first kappa shape index (κ1) is 9.32. The van der Waals surface area contributed by atoms with Crippen LogP contribution in [-0.2, 0) is 4.79 Å². The van der Waals surface area contributed by atoms with Crippen LogP contribution < -0.4 is 0 Å². The molecule has 0 fully saturated rings. The van der Waals surface area contributed by atoms with Crippen LogP contribution in [0.15, 0.2) is 0 Å². The van der Waals surface area contributed by atoms with Gasteiger partial charge in [0.1, 0.15) is 5.88 Å². The largest absolute Gasteiger partial charge is 0.331 e. The minimum Gasteiger partial charge on any atom is -0.331 e. The number of halogens is 1. The lowest BCUT2D eigenvalue weighted by atomic mass is 10.3. The Morgan fingerprint density at radius 2 is 2.40 bits per heavy atom. The van der Waals surface area contributed by atoms with Crippen LogP contribution in [-0.4, -0.2) is 29.8 Å². The summed E-state index contributed by atoms with van der Waals surface area (Å²) in [6, 6.07) is -0.175. The highest BCUT2D eigenvalue weighted by Gasteiger charge is 2.10. The van der Waals surface area contributed by atoms with Crippen LogP contribution >= 0.6 is 11.6 Å². The molecule has 3 heteroatoms. The molecular formula is C7H10ClNO. The number of hydrogen-bond acceptors (Lipinski definition) is 1. The van der Waals surface area contributed by atoms with Gasteiger partial charge in [0.25, 0.3) is 0 Å². The van der Waals surface area contributed by atoms with Crippen LogP contribution in [0.2, 0.25) is 0 Å². The van der Waals surface area contributed by atoms with Crippen LogP contribution in [0.5, 0.6) is 0 Å². The van der Waals surface area contributed by atoms with Gasteiger partial charge in [-0.2, -0.15) is 0 Å². The molecule has 0 N–H and O–H groups in total. The second kappa shape index (κ2) is 4.19. The number of amides is 1. The Morgan fingerprint density at radius 3 is 2.70 bits per heavy atom. The predicted octanol–water partition coefficient (Wildman–Crippen LogP) is 0.705. The van der Waals surface area contributed by atoms with Crippen molar-refractivity contribution in [1.82, 2.24) is 4.90 Å². The van der Waals surface area contributed by atoms with Gasteiger partial charge in [0.05, 0.1) is 6.04 Å². The highest BCUT2D eigenvalue weighted by Crippen LogP contribution is 1.94. The maximum atomic E-state index is 10.8. The van der Waals surface area contributed by atoms with E-state index in [2.05, 4.69) is 5.92 Å². The van der Waals surface area contributed by atoms with Gasteiger partial charge in [-0.1, -0.05) is 5.92 Å². The summed E-state index contributed by atoms with van der Waals surface area (Å²) in [5, 5.41) is 0. The van der Waals surface area contributed by atoms with E-state index in [1.165, 1.54) is 4.90 Å². The van der Waals surface area contributed by atoms with Crippen molar-refractivity contribution in [2.75, 3.05) is 12.9 Å². The first-order valence-electron chi connectivity index (χ1n) is 2.91. The van der Waals surface area contributed by atoms with Crippen LogP contribution in [0.1, 0.15) is 6.92 Å². The van der Waals surface area contributed by atoms with Crippen LogP contribution in [0.25, 0.3) is 0 Å². The van der Waals surface area contributed by atoms with Gasteiger partial charge in [0, 0.05) is 7.05 Å². The Morgan fingerprint density at radius 1 is 1.90 bits per heavy atom. The molecule has 1 unspecified atom stereocenters. The maximum Gasteiger partial charge on any atom is 0.238 e. The average molecular weight is 160 g/mol. The summed E-state index contributed by atoms with van der Waals surface area (Å²) in [6.07, 6.45) is 5.08. The molecule has 0 aliphatic carbocycles. The zero-order chi connectivity index (χ0) is 8.15. The third-order valence-electron chi connectivity index (χ3n) is 1.33. The first-order chi connectivity index (χ1) is 4.63. The van der Waals surface area contributed by atoms with E-state index < -0.39 is 0 Å². The lowest BCUT2D eigenvalue weighted by molar-refractivity contribution is -0.128. The summed E-state index contributed by atoms with van der Waals surface area (Å²) >= 11 is 5.29. The third kappa shape index (κ3) is 2.28. The Balaban J connectivity index is 3.97. The molecule has 1 atom stereocenters. The van der Waals surface area contributed by atoms with Crippen LogP contribution in [0, 0.1) is 12.3 Å². The maximum absolute atomic E-state index is 10.8. The fourth-order valence-corrected chi connectivity index (χ4v) is 0.611. The van der Waals surface area contributed by atoms with Crippen LogP contribution in [0.4, 0.5) is 0 Å². The summed E-state index contributed by atoms with van der Waals surface area (Å²) in [4.78, 5) is 12.2. The van der Waals surface area contributed by atoms with Gasteiger partial charge in [-0.3, -0.25) is 4.79 Å². The molecule has 2 nitrogen and oxygen atoms in total. The summed E-state index contributed by atoms with van der Waals surface area (Å²) in [6.45, 7) is 1.77. The molecule has 0 saturated carbocycles. The highest BCUT2D eigenvalue weighted by atomic mass is 35.5. The van der Waals surface area contributed by atoms with Crippen molar-refractivity contribution in [2.24, 2.45) is 0 Å². The Bertz CT molecular complexity index is 161. The molecule has 0 aliphatic heterocycles. The zero-order valence-corrected chi connectivity index (χ0v) is 6.85. The van der Waals surface area contributed by atoms with Gasteiger partial charge < -0.3 is 4.90 Å². The number of alkyl halides is 1. The van der Waals surface area contributed by atoms with E-state index in [0.29, 0.717) is 0 Å². The van der Waals surface area contributed by atoms with Gasteiger partial charge in [-0.25, -0.2) is 0 Å². The zero-order valence-electron chi connectivity index (χ0n) is 6.10. The Labute approximate surface area is 66.2 Å². The number of hydrogen-bond donors (Lipinski definition) is 0. The number of terminal acetylenes is 1. The van der Waals surface area contributed by atoms with Gasteiger partial charge in [-0.05, 0) is 6.92 Å². The normalized spacial score (nSPS) is 11.8. The van der Waals surface area contributed by atoms with E-state index >= 15 is 0 Å². The average Bonchev–Trinajstić information content (AvgIpc) is 2.00. The van der Waals surface area contributed by atoms with E-state index in [9.17, 15) is 4.79 Å². The topological polar surface area (TPSA) is 20.3 Å². The van der Waals surface area contributed by atoms with Crippen LogP contribution in [0.3, 0.4) is 0 Å². The standard InChI is InChI=1S/C7H10ClNO/c1-4-6(2)9(3)7(10)5-8/h1,6H,5H2,2-3H3. The monoisotopic (exact) mass is 159 g/mol. The lowest BCUT2D eigenvalue weighted by Gasteiger charge is -2.18. The van der Waals surface area contributed by atoms with Gasteiger partial charge in [0.2, 0.25) is 5.91 Å². The Kier molecular flexibility index (Phi) is 3.90. The lowest BCUT2D eigenvalue weighted by Crippen LogP contribution is -2.34. The smallest absolute Gasteiger partial charge is 0.238 e. The van der Waals surface area contributed by atoms with E-state index in [0.717, 1.165) is 0 Å². The van der Waals surface area contributed by atoms with Crippen molar-refractivity contribution in [3.05, 3.63) is 0 Å². The molecule has 0 saturated heterocycles. The second-order valence-electron chi connectivity index (χ2n) is 1.98. The number of carbonyl (C=O) groups is 1. The van der Waals surface area contributed by atoms with Crippen molar-refractivity contribution >= 4 is 17.5 Å². The highest BCUT2D eigenvalue weighted by molar-refractivity contribution is 6.27. The summed E-state index contributed by atoms with van der Waals surface area (Å²) < 4.78 is 0. The summed E-state index contributed by atoms with van der Waals surface area (Å²) in [7, 11) is 1.63. The van der Waals surface area contributed by atoms with Gasteiger partial charge in [-0.15, -0.1) is 18.0 Å². The fourth-order valence-electron chi connectivity index (χ4n) is 0.422. The van der Waals surface area contributed by atoms with Crippen molar-refractivity contribution in [3.8, 4) is 12.3 Å². The molecule has 0 bridgehead atoms.